The number of cyclic esters (lactones) is 1. The first-order chi connectivity index (χ1) is 17.9. The van der Waals surface area contributed by atoms with Crippen LogP contribution in [0.2, 0.25) is 0 Å². The molecule has 12 nitrogen and oxygen atoms in total. The molecule has 190 valence electrons. The second-order valence-corrected chi connectivity index (χ2v) is 9.23. The third-order valence-electron chi connectivity index (χ3n) is 7.02. The maximum Gasteiger partial charge on any atom is 0.410 e. The highest BCUT2D eigenvalue weighted by Gasteiger charge is 2.35. The van der Waals surface area contributed by atoms with E-state index < -0.39 is 11.8 Å². The van der Waals surface area contributed by atoms with Gasteiger partial charge in [-0.1, -0.05) is 0 Å². The van der Waals surface area contributed by atoms with Crippen LogP contribution in [0.25, 0.3) is 16.9 Å². The fourth-order valence-corrected chi connectivity index (χ4v) is 5.26. The molecule has 2 aliphatic rings. The second-order valence-electron chi connectivity index (χ2n) is 9.23. The minimum atomic E-state index is -0.672. The summed E-state index contributed by atoms with van der Waals surface area (Å²) in [5.74, 6) is -1.22. The van der Waals surface area contributed by atoms with Crippen molar-refractivity contribution >= 4 is 29.1 Å². The van der Waals surface area contributed by atoms with Crippen molar-refractivity contribution in [1.82, 2.24) is 19.5 Å². The third-order valence-corrected chi connectivity index (χ3v) is 7.02. The number of anilines is 1. The Balaban J connectivity index is 1.49. The number of aromatic nitrogens is 3. The summed E-state index contributed by atoms with van der Waals surface area (Å²) < 4.78 is 6.73. The maximum atomic E-state index is 12.4. The lowest BCUT2D eigenvalue weighted by Crippen LogP contribution is -2.47. The summed E-state index contributed by atoms with van der Waals surface area (Å²) in [5.41, 5.74) is 14.3. The Morgan fingerprint density at radius 1 is 1.16 bits per heavy atom. The van der Waals surface area contributed by atoms with Crippen LogP contribution in [0.1, 0.15) is 41.6 Å². The van der Waals surface area contributed by atoms with Crippen molar-refractivity contribution in [2.24, 2.45) is 11.5 Å². The summed E-state index contributed by atoms with van der Waals surface area (Å²) in [6.45, 7) is 0.868. The van der Waals surface area contributed by atoms with Crippen LogP contribution in [0.4, 0.5) is 10.5 Å². The number of fused-ring (bicyclic) bond motifs is 1. The molecule has 0 aromatic carbocycles. The average molecular weight is 503 g/mol. The van der Waals surface area contributed by atoms with Gasteiger partial charge in [0, 0.05) is 18.3 Å². The number of amides is 3. The molecule has 2 fully saturated rings. The summed E-state index contributed by atoms with van der Waals surface area (Å²) in [7, 11) is 0. The lowest BCUT2D eigenvalue weighted by atomic mass is 9.88. The zero-order valence-corrected chi connectivity index (χ0v) is 20.0. The molecule has 3 aromatic heterocycles. The smallest absolute Gasteiger partial charge is 0.410 e. The molecule has 0 spiro atoms. The number of hydrogen-bond donors (Lipinski definition) is 2. The van der Waals surface area contributed by atoms with Gasteiger partial charge in [0.15, 0.2) is 0 Å². The molecule has 37 heavy (non-hydrogen) atoms. The molecule has 1 saturated heterocycles. The van der Waals surface area contributed by atoms with Crippen LogP contribution in [0.3, 0.4) is 0 Å². The minimum Gasteiger partial charge on any atom is -0.448 e. The van der Waals surface area contributed by atoms with Crippen molar-refractivity contribution < 1.29 is 19.1 Å². The van der Waals surface area contributed by atoms with E-state index >= 15 is 0 Å². The van der Waals surface area contributed by atoms with Gasteiger partial charge in [0.1, 0.15) is 12.7 Å². The average Bonchev–Trinajstić information content (AvgIpc) is 3.52. The zero-order chi connectivity index (χ0) is 26.1. The van der Waals surface area contributed by atoms with Crippen LogP contribution < -0.4 is 16.4 Å². The largest absolute Gasteiger partial charge is 0.448 e. The first-order valence-electron chi connectivity index (χ1n) is 12.0. The highest BCUT2D eigenvalue weighted by atomic mass is 16.6. The monoisotopic (exact) mass is 502 g/mol. The molecule has 0 radical (unpaired) electrons. The Bertz CT molecular complexity index is 1420. The van der Waals surface area contributed by atoms with Gasteiger partial charge in [-0.2, -0.15) is 10.4 Å². The number of primary amides is 2. The van der Waals surface area contributed by atoms with Gasteiger partial charge in [-0.3, -0.25) is 14.6 Å². The molecule has 12 heteroatoms. The van der Waals surface area contributed by atoms with E-state index in [9.17, 15) is 14.4 Å². The van der Waals surface area contributed by atoms with Crippen molar-refractivity contribution in [3.8, 4) is 17.5 Å². The van der Waals surface area contributed by atoms with Gasteiger partial charge < -0.3 is 26.0 Å². The topological polar surface area (TPSA) is 173 Å². The van der Waals surface area contributed by atoms with Crippen LogP contribution in [-0.2, 0) is 9.53 Å². The quantitative estimate of drug-likeness (QED) is 0.488. The van der Waals surface area contributed by atoms with Crippen molar-refractivity contribution in [3.05, 3.63) is 47.8 Å². The fraction of sp³-hybridized carbons (Fsp3) is 0.360. The molecule has 4 N–H and O–H groups in total. The number of nitrogens with zero attached hydrogens (tertiary/aromatic N) is 6. The maximum absolute atomic E-state index is 12.4. The Labute approximate surface area is 212 Å². The molecule has 5 rings (SSSR count). The van der Waals surface area contributed by atoms with Gasteiger partial charge in [0.05, 0.1) is 53.0 Å². The number of rotatable bonds is 7. The molecular formula is C25H26N8O4. The van der Waals surface area contributed by atoms with Crippen molar-refractivity contribution in [2.75, 3.05) is 24.6 Å². The normalized spacial score (nSPS) is 19.4. The van der Waals surface area contributed by atoms with E-state index in [0.717, 1.165) is 12.8 Å². The molecule has 1 aliphatic heterocycles. The standard InChI is InChI=1S/C25H26N8O4/c26-11-15-9-18-5-6-21(33(18)30-12-15)20-10-22(19(13-29-20)24(28)35)32(14-23(27)34)17-3-1-16(2-4-17)31-7-8-37-25(31)36/h5-6,9-10,12-13,16-17H,1-4,7-8,14H2,(H2,27,34)(H2,28,35). The van der Waals surface area contributed by atoms with E-state index in [0.29, 0.717) is 54.1 Å². The predicted molar refractivity (Wildman–Crippen MR) is 132 cm³/mol. The van der Waals surface area contributed by atoms with Crippen molar-refractivity contribution in [3.63, 3.8) is 0 Å². The molecule has 3 aromatic rings. The highest BCUT2D eigenvalue weighted by molar-refractivity contribution is 5.99. The van der Waals surface area contributed by atoms with Gasteiger partial charge in [-0.15, -0.1) is 0 Å². The van der Waals surface area contributed by atoms with Crippen LogP contribution in [-0.4, -0.2) is 69.2 Å². The zero-order valence-electron chi connectivity index (χ0n) is 20.0. The summed E-state index contributed by atoms with van der Waals surface area (Å²) in [4.78, 5) is 44.5. The predicted octanol–water partition coefficient (Wildman–Crippen LogP) is 1.42. The molecule has 1 aliphatic carbocycles. The number of hydrogen-bond acceptors (Lipinski definition) is 8. The number of carbonyl (C=O) groups excluding carboxylic acids is 3. The van der Waals surface area contributed by atoms with E-state index in [2.05, 4.69) is 16.2 Å². The molecule has 4 heterocycles. The van der Waals surface area contributed by atoms with E-state index in [1.54, 1.807) is 21.5 Å². The number of nitriles is 1. The van der Waals surface area contributed by atoms with Crippen LogP contribution >= 0.6 is 0 Å². The van der Waals surface area contributed by atoms with E-state index in [4.69, 9.17) is 21.5 Å². The Morgan fingerprint density at radius 3 is 2.59 bits per heavy atom. The third kappa shape index (κ3) is 4.63. The molecule has 1 saturated carbocycles. The van der Waals surface area contributed by atoms with Gasteiger partial charge in [0.25, 0.3) is 5.91 Å². The summed E-state index contributed by atoms with van der Waals surface area (Å²) >= 11 is 0. The first kappa shape index (κ1) is 24.1. The van der Waals surface area contributed by atoms with Gasteiger partial charge in [0.2, 0.25) is 5.91 Å². The van der Waals surface area contributed by atoms with E-state index in [1.165, 1.54) is 12.4 Å². The lowest BCUT2D eigenvalue weighted by Gasteiger charge is -2.40. The summed E-state index contributed by atoms with van der Waals surface area (Å²) in [6, 6.07) is 9.10. The number of pyridine rings is 1. The number of ether oxygens (including phenoxy) is 1. The van der Waals surface area contributed by atoms with Gasteiger partial charge in [-0.05, 0) is 49.9 Å². The van der Waals surface area contributed by atoms with E-state index in [1.807, 2.05) is 17.0 Å². The molecular weight excluding hydrogens is 476 g/mol. The number of nitrogens with two attached hydrogens (primary N) is 2. The van der Waals surface area contributed by atoms with Crippen molar-refractivity contribution in [2.45, 2.75) is 37.8 Å². The molecule has 0 unspecified atom stereocenters. The molecule has 3 amide bonds. The van der Waals surface area contributed by atoms with Crippen LogP contribution in [0.15, 0.2) is 36.7 Å². The van der Waals surface area contributed by atoms with Crippen LogP contribution in [0.5, 0.6) is 0 Å². The minimum absolute atomic E-state index is 0.0711. The fourth-order valence-electron chi connectivity index (χ4n) is 5.26. The Kier molecular flexibility index (Phi) is 6.35. The van der Waals surface area contributed by atoms with Gasteiger partial charge in [-0.25, -0.2) is 9.31 Å². The second kappa shape index (κ2) is 9.77. The first-order valence-corrected chi connectivity index (χ1v) is 12.0. The summed E-state index contributed by atoms with van der Waals surface area (Å²) in [5, 5.41) is 13.5. The molecule has 0 bridgehead atoms. The Hall–Kier alpha value is -4.66. The lowest BCUT2D eigenvalue weighted by molar-refractivity contribution is -0.116. The van der Waals surface area contributed by atoms with E-state index in [-0.39, 0.29) is 30.3 Å². The SMILES string of the molecule is N#Cc1cnn2c(-c3cc(N(CC(N)=O)C4CCC(N5CCOC5=O)CC4)c(C(N)=O)cn3)ccc2c1. The number of carbonyl (C=O) groups is 3. The Morgan fingerprint density at radius 2 is 1.95 bits per heavy atom. The summed E-state index contributed by atoms with van der Waals surface area (Å²) in [6.07, 6.45) is 5.40. The highest BCUT2D eigenvalue weighted by Crippen LogP contribution is 2.34. The van der Waals surface area contributed by atoms with Crippen molar-refractivity contribution in [1.29, 1.82) is 5.26 Å². The van der Waals surface area contributed by atoms with Crippen LogP contribution in [0, 0.1) is 11.3 Å². The van der Waals surface area contributed by atoms with Gasteiger partial charge >= 0.3 is 6.09 Å². The molecule has 0 atom stereocenters.